The van der Waals surface area contributed by atoms with Crippen LogP contribution >= 0.6 is 23.5 Å². The van der Waals surface area contributed by atoms with Gasteiger partial charge in [0, 0.05) is 0 Å². The molecule has 0 unspecified atom stereocenters. The lowest BCUT2D eigenvalue weighted by Gasteiger charge is -2.24. The van der Waals surface area contributed by atoms with Crippen molar-refractivity contribution in [2.24, 2.45) is 0 Å². The van der Waals surface area contributed by atoms with Crippen LogP contribution in [0.2, 0.25) is 0 Å². The summed E-state index contributed by atoms with van der Waals surface area (Å²) in [6.07, 6.45) is 1.92. The molecule has 2 aliphatic heterocycles. The van der Waals surface area contributed by atoms with Crippen molar-refractivity contribution in [3.63, 3.8) is 0 Å². The van der Waals surface area contributed by atoms with Crippen molar-refractivity contribution in [1.29, 1.82) is 0 Å². The molecule has 0 spiro atoms. The number of amides is 1. The van der Waals surface area contributed by atoms with Gasteiger partial charge >= 0.3 is 0 Å². The predicted molar refractivity (Wildman–Crippen MR) is 108 cm³/mol. The van der Waals surface area contributed by atoms with E-state index in [1.165, 1.54) is 18.9 Å². The Morgan fingerprint density at radius 1 is 1.26 bits per heavy atom. The summed E-state index contributed by atoms with van der Waals surface area (Å²) >= 11 is 3.31. The molecule has 2 aliphatic rings. The summed E-state index contributed by atoms with van der Waals surface area (Å²) in [6, 6.07) is 5.23. The lowest BCUT2D eigenvalue weighted by molar-refractivity contribution is -0.113. The second-order valence-electron chi connectivity index (χ2n) is 6.59. The number of aromatic hydroxyl groups is 1. The predicted octanol–water partition coefficient (Wildman–Crippen LogP) is 2.73. The number of benzene rings is 1. The van der Waals surface area contributed by atoms with Crippen LogP contribution in [0.5, 0.6) is 11.5 Å². The van der Waals surface area contributed by atoms with Gasteiger partial charge < -0.3 is 15.2 Å². The van der Waals surface area contributed by atoms with Crippen LogP contribution in [0.4, 0.5) is 5.82 Å². The highest BCUT2D eigenvalue weighted by Crippen LogP contribution is 2.43. The summed E-state index contributed by atoms with van der Waals surface area (Å²) in [5, 5.41) is 15.4. The van der Waals surface area contributed by atoms with Gasteiger partial charge in [-0.3, -0.25) is 19.4 Å². The number of fused-ring (bicyclic) bond motifs is 1. The van der Waals surface area contributed by atoms with E-state index in [9.17, 15) is 14.7 Å². The topological polar surface area (TPSA) is 96.4 Å². The van der Waals surface area contributed by atoms with E-state index in [2.05, 4.69) is 10.4 Å². The van der Waals surface area contributed by atoms with Gasteiger partial charge in [-0.05, 0) is 42.0 Å². The maximum Gasteiger partial charge on any atom is 0.270 e. The van der Waals surface area contributed by atoms with Gasteiger partial charge in [0.05, 0.1) is 29.7 Å². The number of hydrogen-bond acceptors (Lipinski definition) is 6. The first-order chi connectivity index (χ1) is 13.1. The first-order valence-electron chi connectivity index (χ1n) is 8.79. The van der Waals surface area contributed by atoms with Crippen molar-refractivity contribution < 1.29 is 14.6 Å². The Balaban J connectivity index is 1.81. The van der Waals surface area contributed by atoms with Crippen molar-refractivity contribution in [2.45, 2.75) is 24.1 Å². The summed E-state index contributed by atoms with van der Waals surface area (Å²) in [5.41, 5.74) is 1.18. The van der Waals surface area contributed by atoms with Crippen molar-refractivity contribution in [3.05, 3.63) is 39.7 Å². The molecule has 1 atom stereocenters. The average Bonchev–Trinajstić information content (AvgIpc) is 2.89. The molecule has 1 fully saturated rings. The summed E-state index contributed by atoms with van der Waals surface area (Å²) in [7, 11) is 1.49. The molecule has 1 aromatic carbocycles. The summed E-state index contributed by atoms with van der Waals surface area (Å²) < 4.78 is 7.07. The van der Waals surface area contributed by atoms with E-state index in [1.54, 1.807) is 18.2 Å². The minimum atomic E-state index is -0.323. The second kappa shape index (κ2) is 7.55. The number of rotatable bonds is 3. The maximum atomic E-state index is 12.9. The zero-order chi connectivity index (χ0) is 19.0. The van der Waals surface area contributed by atoms with Gasteiger partial charge in [0.25, 0.3) is 5.56 Å². The number of nitrogens with one attached hydrogen (secondary N) is 2. The highest BCUT2D eigenvalue weighted by atomic mass is 32.2. The van der Waals surface area contributed by atoms with Crippen LogP contribution in [0.15, 0.2) is 23.0 Å². The number of carbonyl (C=O) groups is 1. The second-order valence-corrected chi connectivity index (χ2v) is 8.91. The Kier molecular flexibility index (Phi) is 5.14. The largest absolute Gasteiger partial charge is 0.504 e. The molecule has 1 saturated heterocycles. The fourth-order valence-electron chi connectivity index (χ4n) is 3.58. The van der Waals surface area contributed by atoms with E-state index in [0.29, 0.717) is 17.1 Å². The summed E-state index contributed by atoms with van der Waals surface area (Å²) in [6.45, 7) is 0. The third-order valence-corrected chi connectivity index (χ3v) is 7.25. The minimum absolute atomic E-state index is 0.0421. The fourth-order valence-corrected chi connectivity index (χ4v) is 5.78. The molecule has 2 aromatic rings. The van der Waals surface area contributed by atoms with Crippen LogP contribution in [0.1, 0.15) is 35.3 Å². The van der Waals surface area contributed by atoms with Gasteiger partial charge in [0.2, 0.25) is 5.91 Å². The van der Waals surface area contributed by atoms with Crippen molar-refractivity contribution in [1.82, 2.24) is 9.78 Å². The molecule has 1 amide bonds. The summed E-state index contributed by atoms with van der Waals surface area (Å²) in [4.78, 5) is 25.2. The van der Waals surface area contributed by atoms with Crippen LogP contribution in [-0.4, -0.2) is 45.2 Å². The van der Waals surface area contributed by atoms with E-state index < -0.39 is 0 Å². The zero-order valence-electron chi connectivity index (χ0n) is 14.9. The van der Waals surface area contributed by atoms with Crippen molar-refractivity contribution >= 4 is 35.2 Å². The first kappa shape index (κ1) is 18.4. The third-order valence-electron chi connectivity index (χ3n) is 4.93. The number of aromatic amines is 1. The molecule has 144 valence electrons. The SMILES string of the molecule is COc1cc([C@H]2SCC(=O)Nc3c2c(=O)[nH]n3C2CCSCC2)ccc1O. The zero-order valence-corrected chi connectivity index (χ0v) is 16.5. The lowest BCUT2D eigenvalue weighted by atomic mass is 10.1. The van der Waals surface area contributed by atoms with Crippen LogP contribution in [0.3, 0.4) is 0 Å². The van der Waals surface area contributed by atoms with Crippen LogP contribution in [0.25, 0.3) is 0 Å². The number of H-pyrrole nitrogens is 1. The van der Waals surface area contributed by atoms with E-state index >= 15 is 0 Å². The number of nitrogens with zero attached hydrogens (tertiary/aromatic N) is 1. The number of carbonyl (C=O) groups excluding carboxylic acids is 1. The minimum Gasteiger partial charge on any atom is -0.504 e. The standard InChI is InChI=1S/C18H21N3O4S2/c1-25-13-8-10(2-3-12(13)22)16-15-17(19-14(23)9-27-16)21(20-18(15)24)11-4-6-26-7-5-11/h2-3,8,11,16,22H,4-7,9H2,1H3,(H,19,23)(H,20,24)/t16-/m1/s1. The van der Waals surface area contributed by atoms with Crippen molar-refractivity contribution in [2.75, 3.05) is 29.7 Å². The molecule has 7 nitrogen and oxygen atoms in total. The molecule has 3 heterocycles. The lowest BCUT2D eigenvalue weighted by Crippen LogP contribution is -2.22. The Bertz CT molecular complexity index is 918. The molecule has 3 N–H and O–H groups in total. The molecule has 0 aliphatic carbocycles. The number of methoxy groups -OCH3 is 1. The van der Waals surface area contributed by atoms with Crippen LogP contribution < -0.4 is 15.6 Å². The Labute approximate surface area is 164 Å². The van der Waals surface area contributed by atoms with E-state index in [4.69, 9.17) is 4.74 Å². The molecule has 0 saturated carbocycles. The number of ether oxygens (including phenoxy) is 1. The number of phenolic OH excluding ortho intramolecular Hbond substituents is 1. The van der Waals surface area contributed by atoms with E-state index in [-0.39, 0.29) is 34.3 Å². The number of phenols is 1. The van der Waals surface area contributed by atoms with Gasteiger partial charge in [0.1, 0.15) is 5.82 Å². The monoisotopic (exact) mass is 407 g/mol. The average molecular weight is 408 g/mol. The molecular formula is C18H21N3O4S2. The molecule has 0 radical (unpaired) electrons. The maximum absolute atomic E-state index is 12.9. The fraction of sp³-hybridized carbons (Fsp3) is 0.444. The Morgan fingerprint density at radius 2 is 2.04 bits per heavy atom. The van der Waals surface area contributed by atoms with Gasteiger partial charge in [-0.2, -0.15) is 11.8 Å². The quantitative estimate of drug-likeness (QED) is 0.724. The highest BCUT2D eigenvalue weighted by Gasteiger charge is 2.32. The number of hydrogen-bond donors (Lipinski definition) is 3. The molecule has 0 bridgehead atoms. The molecule has 27 heavy (non-hydrogen) atoms. The number of aromatic nitrogens is 2. The normalized spacial score (nSPS) is 20.6. The van der Waals surface area contributed by atoms with Gasteiger partial charge in [-0.1, -0.05) is 6.07 Å². The molecule has 9 heteroatoms. The smallest absolute Gasteiger partial charge is 0.270 e. The van der Waals surface area contributed by atoms with E-state index in [0.717, 1.165) is 29.9 Å². The first-order valence-corrected chi connectivity index (χ1v) is 11.0. The van der Waals surface area contributed by atoms with Gasteiger partial charge in [0.15, 0.2) is 11.5 Å². The molecule has 4 rings (SSSR count). The molecular weight excluding hydrogens is 386 g/mol. The van der Waals surface area contributed by atoms with Crippen LogP contribution in [-0.2, 0) is 4.79 Å². The number of thioether (sulfide) groups is 2. The summed E-state index contributed by atoms with van der Waals surface area (Å²) in [5.74, 6) is 3.18. The van der Waals surface area contributed by atoms with Crippen LogP contribution in [0, 0.1) is 0 Å². The number of anilines is 1. The van der Waals surface area contributed by atoms with Gasteiger partial charge in [-0.15, -0.1) is 11.8 Å². The highest BCUT2D eigenvalue weighted by molar-refractivity contribution is 8.00. The molecule has 1 aromatic heterocycles. The Hall–Kier alpha value is -2.00. The van der Waals surface area contributed by atoms with E-state index in [1.807, 2.05) is 16.4 Å². The third kappa shape index (κ3) is 3.45. The van der Waals surface area contributed by atoms with Gasteiger partial charge in [-0.25, -0.2) is 0 Å². The Morgan fingerprint density at radius 3 is 2.78 bits per heavy atom. The van der Waals surface area contributed by atoms with Crippen molar-refractivity contribution in [3.8, 4) is 11.5 Å².